The van der Waals surface area contributed by atoms with Crippen LogP contribution in [0.3, 0.4) is 0 Å². The van der Waals surface area contributed by atoms with Gasteiger partial charge in [-0.1, -0.05) is 0 Å². The summed E-state index contributed by atoms with van der Waals surface area (Å²) in [6, 6.07) is 10.6. The Bertz CT molecular complexity index is 1320. The van der Waals surface area contributed by atoms with Gasteiger partial charge < -0.3 is 19.6 Å². The van der Waals surface area contributed by atoms with Crippen LogP contribution in [0.1, 0.15) is 24.2 Å². The fraction of sp³-hybridized carbons (Fsp3) is 0.174. The molecular formula is C23H20FN3O5. The molecule has 32 heavy (non-hydrogen) atoms. The number of carbonyl (C=O) groups excluding carboxylic acids is 2. The Kier molecular flexibility index (Phi) is 5.40. The van der Waals surface area contributed by atoms with Crippen molar-refractivity contribution >= 4 is 23.0 Å². The van der Waals surface area contributed by atoms with Crippen LogP contribution in [-0.2, 0) is 11.8 Å². The first kappa shape index (κ1) is 21.1. The third kappa shape index (κ3) is 3.92. The lowest BCUT2D eigenvalue weighted by Crippen LogP contribution is -2.18. The molecule has 0 saturated heterocycles. The zero-order valence-corrected chi connectivity index (χ0v) is 17.6. The first-order chi connectivity index (χ1) is 15.2. The molecule has 9 heteroatoms. The van der Waals surface area contributed by atoms with E-state index in [4.69, 9.17) is 14.9 Å². The number of esters is 1. The van der Waals surface area contributed by atoms with Gasteiger partial charge in [0.05, 0.1) is 11.8 Å². The summed E-state index contributed by atoms with van der Waals surface area (Å²) in [6.07, 6.45) is 0.240. The number of hydrogen-bond acceptors (Lipinski definition) is 6. The smallest absolute Gasteiger partial charge is 0.412 e. The van der Waals surface area contributed by atoms with Gasteiger partial charge in [-0.25, -0.2) is 14.0 Å². The Morgan fingerprint density at radius 3 is 2.47 bits per heavy atom. The van der Waals surface area contributed by atoms with Crippen molar-refractivity contribution in [2.75, 3.05) is 0 Å². The first-order valence-electron chi connectivity index (χ1n) is 9.77. The van der Waals surface area contributed by atoms with E-state index in [1.165, 1.54) is 24.3 Å². The number of rotatable bonds is 5. The second-order valence-electron chi connectivity index (χ2n) is 7.37. The van der Waals surface area contributed by atoms with Gasteiger partial charge >= 0.3 is 12.1 Å². The Balaban J connectivity index is 2.01. The van der Waals surface area contributed by atoms with Crippen molar-refractivity contribution in [3.8, 4) is 28.3 Å². The molecule has 4 aromatic rings. The second kappa shape index (κ2) is 8.18. The molecule has 4 rings (SSSR count). The highest BCUT2D eigenvalue weighted by atomic mass is 19.1. The number of hydrogen-bond donors (Lipinski definition) is 1. The number of amides is 1. The molecule has 8 nitrogen and oxygen atoms in total. The molecule has 0 atom stereocenters. The monoisotopic (exact) mass is 437 g/mol. The topological polar surface area (TPSA) is 110 Å². The van der Waals surface area contributed by atoms with E-state index in [0.717, 1.165) is 5.69 Å². The lowest BCUT2D eigenvalue weighted by Gasteiger charge is -2.15. The van der Waals surface area contributed by atoms with Gasteiger partial charge in [0.25, 0.3) is 0 Å². The van der Waals surface area contributed by atoms with Crippen LogP contribution in [0.5, 0.6) is 5.75 Å². The number of furan rings is 1. The number of benzene rings is 2. The average Bonchev–Trinajstić information content (AvgIpc) is 3.30. The Hall–Kier alpha value is -4.14. The Morgan fingerprint density at radius 2 is 1.88 bits per heavy atom. The predicted octanol–water partition coefficient (Wildman–Crippen LogP) is 4.66. The molecule has 0 bridgehead atoms. The molecule has 0 fully saturated rings. The van der Waals surface area contributed by atoms with E-state index in [9.17, 15) is 14.0 Å². The number of primary amides is 1. The fourth-order valence-electron chi connectivity index (χ4n) is 3.46. The fourth-order valence-corrected chi connectivity index (χ4v) is 3.46. The zero-order valence-electron chi connectivity index (χ0n) is 17.6. The van der Waals surface area contributed by atoms with Crippen molar-refractivity contribution in [2.45, 2.75) is 20.0 Å². The van der Waals surface area contributed by atoms with Gasteiger partial charge in [-0.15, -0.1) is 0 Å². The molecule has 0 spiro atoms. The van der Waals surface area contributed by atoms with Crippen LogP contribution in [0.15, 0.2) is 53.1 Å². The molecule has 0 radical (unpaired) electrons. The lowest BCUT2D eigenvalue weighted by molar-refractivity contribution is 0.0640. The summed E-state index contributed by atoms with van der Waals surface area (Å²) in [5.41, 5.74) is 7.26. The van der Waals surface area contributed by atoms with Gasteiger partial charge in [0.2, 0.25) is 0 Å². The Labute approximate surface area is 182 Å². The SMILES string of the molecule is CC(C)Oc1cc2c(C(=O)OC(N)=O)c(-c3ccc(F)cc3)oc2cc1-c1ccnn1C. The molecule has 2 N–H and O–H groups in total. The standard InChI is InChI=1S/C23H20FN3O5/c1-12(2)30-18-11-16-19(10-15(18)17-8-9-26-27(17)3)31-21(13-4-6-14(24)7-5-13)20(16)22(28)32-23(25)29/h4-12H,1-3H3,(H2,25,29). The van der Waals surface area contributed by atoms with E-state index >= 15 is 0 Å². The molecule has 2 aromatic carbocycles. The second-order valence-corrected chi connectivity index (χ2v) is 7.37. The van der Waals surface area contributed by atoms with Crippen molar-refractivity contribution < 1.29 is 27.9 Å². The highest BCUT2D eigenvalue weighted by molar-refractivity contribution is 6.12. The van der Waals surface area contributed by atoms with Gasteiger partial charge in [-0.3, -0.25) is 4.68 Å². The summed E-state index contributed by atoms with van der Waals surface area (Å²) >= 11 is 0. The molecule has 164 valence electrons. The van der Waals surface area contributed by atoms with Crippen molar-refractivity contribution in [3.05, 3.63) is 60.0 Å². The minimum Gasteiger partial charge on any atom is -0.490 e. The van der Waals surface area contributed by atoms with Gasteiger partial charge in [0.1, 0.15) is 28.5 Å². The number of halogens is 1. The van der Waals surface area contributed by atoms with Crippen molar-refractivity contribution in [1.82, 2.24) is 9.78 Å². The number of aromatic nitrogens is 2. The molecule has 2 aromatic heterocycles. The maximum absolute atomic E-state index is 13.5. The molecular weight excluding hydrogens is 417 g/mol. The molecule has 0 aliphatic heterocycles. The predicted molar refractivity (Wildman–Crippen MR) is 115 cm³/mol. The van der Waals surface area contributed by atoms with Crippen LogP contribution >= 0.6 is 0 Å². The summed E-state index contributed by atoms with van der Waals surface area (Å²) in [5.74, 6) is -0.837. The van der Waals surface area contributed by atoms with Crippen LogP contribution in [0.4, 0.5) is 9.18 Å². The molecule has 1 amide bonds. The minimum absolute atomic E-state index is 0.0180. The number of carbonyl (C=O) groups is 2. The molecule has 0 aliphatic rings. The number of ether oxygens (including phenoxy) is 2. The molecule has 2 heterocycles. The van der Waals surface area contributed by atoms with E-state index in [1.807, 2.05) is 19.9 Å². The number of nitrogens with two attached hydrogens (primary N) is 1. The van der Waals surface area contributed by atoms with E-state index in [0.29, 0.717) is 27.8 Å². The van der Waals surface area contributed by atoms with Crippen LogP contribution in [0, 0.1) is 5.82 Å². The third-order valence-corrected chi connectivity index (χ3v) is 4.75. The van der Waals surface area contributed by atoms with E-state index < -0.39 is 17.9 Å². The van der Waals surface area contributed by atoms with Gasteiger partial charge in [-0.2, -0.15) is 5.10 Å². The van der Waals surface area contributed by atoms with Crippen molar-refractivity contribution in [3.63, 3.8) is 0 Å². The van der Waals surface area contributed by atoms with E-state index in [2.05, 4.69) is 9.84 Å². The highest BCUT2D eigenvalue weighted by Gasteiger charge is 2.27. The maximum Gasteiger partial charge on any atom is 0.412 e. The van der Waals surface area contributed by atoms with Crippen LogP contribution in [0.2, 0.25) is 0 Å². The maximum atomic E-state index is 13.5. The normalized spacial score (nSPS) is 11.2. The van der Waals surface area contributed by atoms with Gasteiger partial charge in [-0.05, 0) is 56.3 Å². The van der Waals surface area contributed by atoms with Crippen molar-refractivity contribution in [1.29, 1.82) is 0 Å². The molecule has 0 aliphatic carbocycles. The summed E-state index contributed by atoms with van der Waals surface area (Å²) in [7, 11) is 1.79. The lowest BCUT2D eigenvalue weighted by atomic mass is 10.0. The minimum atomic E-state index is -1.25. The Morgan fingerprint density at radius 1 is 1.16 bits per heavy atom. The van der Waals surface area contributed by atoms with Crippen LogP contribution in [0.25, 0.3) is 33.6 Å². The van der Waals surface area contributed by atoms with E-state index in [1.54, 1.807) is 30.1 Å². The zero-order chi connectivity index (χ0) is 23.0. The number of nitrogens with zero attached hydrogens (tertiary/aromatic N) is 2. The summed E-state index contributed by atoms with van der Waals surface area (Å²) in [4.78, 5) is 24.0. The quantitative estimate of drug-likeness (QED) is 0.359. The number of fused-ring (bicyclic) bond motifs is 1. The average molecular weight is 437 g/mol. The summed E-state index contributed by atoms with van der Waals surface area (Å²) < 4.78 is 31.8. The van der Waals surface area contributed by atoms with Gasteiger partial charge in [0.15, 0.2) is 0 Å². The first-order valence-corrected chi connectivity index (χ1v) is 9.77. The summed E-state index contributed by atoms with van der Waals surface area (Å²) in [6.45, 7) is 3.75. The largest absolute Gasteiger partial charge is 0.490 e. The summed E-state index contributed by atoms with van der Waals surface area (Å²) in [5, 5.41) is 4.56. The van der Waals surface area contributed by atoms with Crippen molar-refractivity contribution in [2.24, 2.45) is 12.8 Å². The van der Waals surface area contributed by atoms with Crippen LogP contribution in [-0.4, -0.2) is 27.9 Å². The van der Waals surface area contributed by atoms with Gasteiger partial charge in [0, 0.05) is 29.8 Å². The molecule has 0 saturated carbocycles. The molecule has 0 unspecified atom stereocenters. The number of aryl methyl sites for hydroxylation is 1. The van der Waals surface area contributed by atoms with E-state index in [-0.39, 0.29) is 17.4 Å². The highest BCUT2D eigenvalue weighted by Crippen LogP contribution is 2.41. The van der Waals surface area contributed by atoms with Crippen LogP contribution < -0.4 is 10.5 Å². The third-order valence-electron chi connectivity index (χ3n) is 4.75.